The van der Waals surface area contributed by atoms with E-state index in [0.29, 0.717) is 5.88 Å². The largest absolute Gasteiger partial charge is 0.481 e. The van der Waals surface area contributed by atoms with E-state index in [1.54, 1.807) is 13.3 Å². The molecule has 72 valence electrons. The summed E-state index contributed by atoms with van der Waals surface area (Å²) >= 11 is 0. The Bertz CT molecular complexity index is 423. The Balaban J connectivity index is 2.46. The molecule has 4 heteroatoms. The molecule has 0 spiro atoms. The van der Waals surface area contributed by atoms with E-state index in [-0.39, 0.29) is 0 Å². The highest BCUT2D eigenvalue weighted by Crippen LogP contribution is 2.21. The first-order chi connectivity index (χ1) is 6.81. The monoisotopic (exact) mass is 189 g/mol. The summed E-state index contributed by atoms with van der Waals surface area (Å²) < 4.78 is 5.03. The number of nitrogens with one attached hydrogen (secondary N) is 1. The zero-order valence-corrected chi connectivity index (χ0v) is 8.11. The third-order valence-corrected chi connectivity index (χ3v) is 2.06. The van der Waals surface area contributed by atoms with Crippen LogP contribution in [0.15, 0.2) is 24.4 Å². The summed E-state index contributed by atoms with van der Waals surface area (Å²) in [7, 11) is 1.61. The van der Waals surface area contributed by atoms with E-state index in [2.05, 4.69) is 15.2 Å². The standard InChI is InChI=1S/C10H11N3O/c1-7-8(9-5-6-11-13-9)3-4-10(12-7)14-2/h3-6H,1-2H3,(H,11,13). The molecule has 2 heterocycles. The van der Waals surface area contributed by atoms with Gasteiger partial charge in [0.1, 0.15) is 0 Å². The molecule has 1 N–H and O–H groups in total. The molecule has 0 aliphatic rings. The molecule has 0 amide bonds. The number of hydrogen-bond acceptors (Lipinski definition) is 3. The number of aromatic amines is 1. The highest BCUT2D eigenvalue weighted by molar-refractivity contribution is 5.61. The Labute approximate surface area is 81.9 Å². The van der Waals surface area contributed by atoms with E-state index < -0.39 is 0 Å². The summed E-state index contributed by atoms with van der Waals surface area (Å²) in [6.07, 6.45) is 1.72. The Hall–Kier alpha value is -1.84. The molecule has 2 rings (SSSR count). The molecule has 2 aromatic heterocycles. The minimum Gasteiger partial charge on any atom is -0.481 e. The molecule has 0 bridgehead atoms. The molecular weight excluding hydrogens is 178 g/mol. The number of pyridine rings is 1. The fourth-order valence-corrected chi connectivity index (χ4v) is 1.34. The van der Waals surface area contributed by atoms with Gasteiger partial charge in [-0.3, -0.25) is 5.10 Å². The predicted octanol–water partition coefficient (Wildman–Crippen LogP) is 1.79. The number of H-pyrrole nitrogens is 1. The molecule has 0 saturated heterocycles. The zero-order valence-electron chi connectivity index (χ0n) is 8.11. The molecular formula is C10H11N3O. The molecule has 0 aliphatic heterocycles. The Morgan fingerprint density at radius 2 is 2.14 bits per heavy atom. The van der Waals surface area contributed by atoms with Crippen molar-refractivity contribution in [2.45, 2.75) is 6.92 Å². The summed E-state index contributed by atoms with van der Waals surface area (Å²) in [5.74, 6) is 0.630. The van der Waals surface area contributed by atoms with E-state index in [4.69, 9.17) is 4.74 Å². The van der Waals surface area contributed by atoms with Gasteiger partial charge in [0.05, 0.1) is 18.5 Å². The van der Waals surface area contributed by atoms with Gasteiger partial charge in [0, 0.05) is 17.8 Å². The minimum atomic E-state index is 0.630. The fraction of sp³-hybridized carbons (Fsp3) is 0.200. The highest BCUT2D eigenvalue weighted by atomic mass is 16.5. The first kappa shape index (κ1) is 8.74. The van der Waals surface area contributed by atoms with Crippen LogP contribution in [0.4, 0.5) is 0 Å². The minimum absolute atomic E-state index is 0.630. The smallest absolute Gasteiger partial charge is 0.213 e. The number of hydrogen-bond donors (Lipinski definition) is 1. The quantitative estimate of drug-likeness (QED) is 0.783. The average Bonchev–Trinajstić information content (AvgIpc) is 2.70. The van der Waals surface area contributed by atoms with Crippen LogP contribution in [-0.2, 0) is 0 Å². The lowest BCUT2D eigenvalue weighted by Crippen LogP contribution is -1.92. The van der Waals surface area contributed by atoms with Crippen LogP contribution in [0, 0.1) is 6.92 Å². The Kier molecular flexibility index (Phi) is 2.18. The SMILES string of the molecule is COc1ccc(-c2ccn[nH]2)c(C)n1. The van der Waals surface area contributed by atoms with Crippen molar-refractivity contribution in [3.05, 3.63) is 30.1 Å². The maximum Gasteiger partial charge on any atom is 0.213 e. The first-order valence-electron chi connectivity index (χ1n) is 4.32. The van der Waals surface area contributed by atoms with Crippen molar-refractivity contribution in [3.8, 4) is 17.1 Å². The third kappa shape index (κ3) is 1.46. The second-order valence-electron chi connectivity index (χ2n) is 2.96. The van der Waals surface area contributed by atoms with Crippen molar-refractivity contribution in [3.63, 3.8) is 0 Å². The third-order valence-electron chi connectivity index (χ3n) is 2.06. The number of aromatic nitrogens is 3. The Morgan fingerprint density at radius 1 is 1.29 bits per heavy atom. The predicted molar refractivity (Wildman–Crippen MR) is 53.1 cm³/mol. The lowest BCUT2D eigenvalue weighted by atomic mass is 10.1. The molecule has 0 aliphatic carbocycles. The maximum absolute atomic E-state index is 5.03. The molecule has 0 aromatic carbocycles. The second kappa shape index (κ2) is 3.49. The van der Waals surface area contributed by atoms with E-state index in [9.17, 15) is 0 Å². The summed E-state index contributed by atoms with van der Waals surface area (Å²) in [5.41, 5.74) is 2.94. The van der Waals surface area contributed by atoms with Gasteiger partial charge in [0.15, 0.2) is 0 Å². The van der Waals surface area contributed by atoms with Crippen LogP contribution >= 0.6 is 0 Å². The molecule has 0 fully saturated rings. The van der Waals surface area contributed by atoms with Crippen LogP contribution < -0.4 is 4.74 Å². The van der Waals surface area contributed by atoms with E-state index in [1.165, 1.54) is 0 Å². The molecule has 2 aromatic rings. The molecule has 14 heavy (non-hydrogen) atoms. The van der Waals surface area contributed by atoms with Gasteiger partial charge in [-0.1, -0.05) is 0 Å². The van der Waals surface area contributed by atoms with Gasteiger partial charge in [-0.25, -0.2) is 4.98 Å². The van der Waals surface area contributed by atoms with E-state index >= 15 is 0 Å². The highest BCUT2D eigenvalue weighted by Gasteiger charge is 2.04. The van der Waals surface area contributed by atoms with Crippen LogP contribution in [0.1, 0.15) is 5.69 Å². The van der Waals surface area contributed by atoms with Gasteiger partial charge >= 0.3 is 0 Å². The molecule has 4 nitrogen and oxygen atoms in total. The zero-order chi connectivity index (χ0) is 9.97. The van der Waals surface area contributed by atoms with Crippen LogP contribution in [-0.4, -0.2) is 22.3 Å². The number of ether oxygens (including phenoxy) is 1. The van der Waals surface area contributed by atoms with Crippen LogP contribution in [0.5, 0.6) is 5.88 Å². The average molecular weight is 189 g/mol. The molecule has 0 atom stereocenters. The van der Waals surface area contributed by atoms with Gasteiger partial charge in [-0.15, -0.1) is 0 Å². The van der Waals surface area contributed by atoms with Gasteiger partial charge < -0.3 is 4.74 Å². The van der Waals surface area contributed by atoms with Crippen molar-refractivity contribution in [2.24, 2.45) is 0 Å². The fourth-order valence-electron chi connectivity index (χ4n) is 1.34. The van der Waals surface area contributed by atoms with Crippen LogP contribution in [0.3, 0.4) is 0 Å². The molecule has 0 radical (unpaired) electrons. The van der Waals surface area contributed by atoms with Gasteiger partial charge in [0.2, 0.25) is 5.88 Å². The van der Waals surface area contributed by atoms with Gasteiger partial charge in [-0.05, 0) is 19.1 Å². The number of rotatable bonds is 2. The first-order valence-corrected chi connectivity index (χ1v) is 4.32. The molecule has 0 unspecified atom stereocenters. The molecule has 0 saturated carbocycles. The lowest BCUT2D eigenvalue weighted by Gasteiger charge is -2.04. The van der Waals surface area contributed by atoms with Crippen molar-refractivity contribution >= 4 is 0 Å². The topological polar surface area (TPSA) is 50.8 Å². The summed E-state index contributed by atoms with van der Waals surface area (Å²) in [6, 6.07) is 5.72. The lowest BCUT2D eigenvalue weighted by molar-refractivity contribution is 0.397. The van der Waals surface area contributed by atoms with Crippen molar-refractivity contribution < 1.29 is 4.74 Å². The maximum atomic E-state index is 5.03. The number of aryl methyl sites for hydroxylation is 1. The van der Waals surface area contributed by atoms with Crippen LogP contribution in [0.2, 0.25) is 0 Å². The van der Waals surface area contributed by atoms with Gasteiger partial charge in [0.25, 0.3) is 0 Å². The second-order valence-corrected chi connectivity index (χ2v) is 2.96. The number of nitrogens with zero attached hydrogens (tertiary/aromatic N) is 2. The van der Waals surface area contributed by atoms with Crippen molar-refractivity contribution in [1.29, 1.82) is 0 Å². The summed E-state index contributed by atoms with van der Waals surface area (Å²) in [5, 5.41) is 6.80. The van der Waals surface area contributed by atoms with Crippen molar-refractivity contribution in [2.75, 3.05) is 7.11 Å². The Morgan fingerprint density at radius 3 is 2.71 bits per heavy atom. The summed E-state index contributed by atoms with van der Waals surface area (Å²) in [6.45, 7) is 1.94. The van der Waals surface area contributed by atoms with Crippen molar-refractivity contribution in [1.82, 2.24) is 15.2 Å². The van der Waals surface area contributed by atoms with Gasteiger partial charge in [-0.2, -0.15) is 5.10 Å². The summed E-state index contributed by atoms with van der Waals surface area (Å²) in [4.78, 5) is 4.28. The van der Waals surface area contributed by atoms with E-state index in [0.717, 1.165) is 17.0 Å². The van der Waals surface area contributed by atoms with E-state index in [1.807, 2.05) is 25.1 Å². The van der Waals surface area contributed by atoms with Crippen LogP contribution in [0.25, 0.3) is 11.3 Å². The normalized spacial score (nSPS) is 10.1. The number of methoxy groups -OCH3 is 1.